The van der Waals surface area contributed by atoms with Crippen molar-refractivity contribution in [2.45, 2.75) is 54.7 Å². The molecule has 1 unspecified atom stereocenters. The van der Waals surface area contributed by atoms with Crippen molar-refractivity contribution in [2.75, 3.05) is 5.73 Å². The molecule has 0 bridgehead atoms. The van der Waals surface area contributed by atoms with Gasteiger partial charge in [0.05, 0.1) is 5.25 Å². The highest BCUT2D eigenvalue weighted by Crippen LogP contribution is 2.34. The lowest BCUT2D eigenvalue weighted by Gasteiger charge is -2.29. The van der Waals surface area contributed by atoms with E-state index in [9.17, 15) is 9.59 Å². The van der Waals surface area contributed by atoms with Gasteiger partial charge in [0.15, 0.2) is 0 Å². The van der Waals surface area contributed by atoms with Crippen molar-refractivity contribution in [1.29, 1.82) is 0 Å². The summed E-state index contributed by atoms with van der Waals surface area (Å²) >= 11 is 1.41. The predicted octanol–water partition coefficient (Wildman–Crippen LogP) is 2.22. The molecule has 1 aliphatic carbocycles. The van der Waals surface area contributed by atoms with Crippen LogP contribution in [0.5, 0.6) is 0 Å². The Morgan fingerprint density at radius 3 is 2.62 bits per heavy atom. The summed E-state index contributed by atoms with van der Waals surface area (Å²) < 4.78 is 0. The zero-order chi connectivity index (χ0) is 14.8. The van der Waals surface area contributed by atoms with Crippen LogP contribution in [0.15, 0.2) is 23.2 Å². The number of nitrogen functional groups attached to an aromatic ring is 1. The fraction of sp³-hybridized carbons (Fsp3) is 0.533. The molecule has 21 heavy (non-hydrogen) atoms. The van der Waals surface area contributed by atoms with Gasteiger partial charge in [-0.25, -0.2) is 4.98 Å². The molecule has 0 aromatic carbocycles. The van der Waals surface area contributed by atoms with Crippen LogP contribution < -0.4 is 5.73 Å². The Labute approximate surface area is 128 Å². The lowest BCUT2D eigenvalue weighted by atomic mass is 9.94. The smallest absolute Gasteiger partial charge is 0.243 e. The first-order chi connectivity index (χ1) is 10.1. The monoisotopic (exact) mass is 305 g/mol. The third-order valence-electron chi connectivity index (χ3n) is 4.12. The Morgan fingerprint density at radius 2 is 1.95 bits per heavy atom. The fourth-order valence-electron chi connectivity index (χ4n) is 3.06. The van der Waals surface area contributed by atoms with Crippen LogP contribution in [-0.2, 0) is 9.59 Å². The van der Waals surface area contributed by atoms with Crippen molar-refractivity contribution in [2.24, 2.45) is 0 Å². The molecular weight excluding hydrogens is 286 g/mol. The molecule has 2 heterocycles. The number of anilines is 1. The standard InChI is InChI=1S/C15H19N3O2S/c16-13-7-6-11(9-17-13)21-12-8-14(19)18(15(12)20)10-4-2-1-3-5-10/h6-7,9-10,12H,1-5,8H2,(H2,16,17). The van der Waals surface area contributed by atoms with Gasteiger partial charge in [0.25, 0.3) is 0 Å². The minimum atomic E-state index is -0.315. The minimum absolute atomic E-state index is 0.0206. The number of rotatable bonds is 3. The molecule has 5 nitrogen and oxygen atoms in total. The van der Waals surface area contributed by atoms with Gasteiger partial charge in [-0.2, -0.15) is 0 Å². The van der Waals surface area contributed by atoms with E-state index in [-0.39, 0.29) is 23.1 Å². The number of carbonyl (C=O) groups is 2. The molecule has 1 atom stereocenters. The highest BCUT2D eigenvalue weighted by molar-refractivity contribution is 8.00. The molecule has 3 rings (SSSR count). The molecule has 1 aromatic rings. The SMILES string of the molecule is Nc1ccc(SC2CC(=O)N(C3CCCCC3)C2=O)cn1. The molecule has 2 N–H and O–H groups in total. The summed E-state index contributed by atoms with van der Waals surface area (Å²) in [7, 11) is 0. The van der Waals surface area contributed by atoms with Crippen molar-refractivity contribution in [1.82, 2.24) is 9.88 Å². The van der Waals surface area contributed by atoms with E-state index in [0.717, 1.165) is 30.6 Å². The Morgan fingerprint density at radius 1 is 1.19 bits per heavy atom. The molecule has 1 saturated heterocycles. The van der Waals surface area contributed by atoms with Gasteiger partial charge in [0.2, 0.25) is 11.8 Å². The first kappa shape index (κ1) is 14.4. The molecule has 6 heteroatoms. The van der Waals surface area contributed by atoms with Crippen LogP contribution in [0.2, 0.25) is 0 Å². The van der Waals surface area contributed by atoms with Gasteiger partial charge in [-0.1, -0.05) is 19.3 Å². The maximum Gasteiger partial charge on any atom is 0.243 e. The summed E-state index contributed by atoms with van der Waals surface area (Å²) in [5, 5.41) is -0.315. The normalized spacial score (nSPS) is 23.8. The number of pyridine rings is 1. The number of carbonyl (C=O) groups excluding carboxylic acids is 2. The zero-order valence-electron chi connectivity index (χ0n) is 11.8. The van der Waals surface area contributed by atoms with Gasteiger partial charge in [-0.15, -0.1) is 11.8 Å². The van der Waals surface area contributed by atoms with Crippen molar-refractivity contribution in [3.05, 3.63) is 18.3 Å². The third kappa shape index (κ3) is 3.05. The van der Waals surface area contributed by atoms with Crippen LogP contribution in [-0.4, -0.2) is 33.0 Å². The van der Waals surface area contributed by atoms with E-state index in [2.05, 4.69) is 4.98 Å². The lowest BCUT2D eigenvalue weighted by Crippen LogP contribution is -2.41. The Balaban J connectivity index is 1.69. The van der Waals surface area contributed by atoms with Crippen molar-refractivity contribution in [3.8, 4) is 0 Å². The first-order valence-electron chi connectivity index (χ1n) is 7.39. The number of aromatic nitrogens is 1. The number of likely N-dealkylation sites (tertiary alicyclic amines) is 1. The zero-order valence-corrected chi connectivity index (χ0v) is 12.6. The van der Waals surface area contributed by atoms with Gasteiger partial charge < -0.3 is 5.73 Å². The molecule has 1 aromatic heterocycles. The van der Waals surface area contributed by atoms with E-state index in [1.54, 1.807) is 12.3 Å². The van der Waals surface area contributed by atoms with Gasteiger partial charge in [-0.3, -0.25) is 14.5 Å². The number of nitrogens with two attached hydrogens (primary N) is 1. The van der Waals surface area contributed by atoms with E-state index < -0.39 is 0 Å². The second-order valence-electron chi connectivity index (χ2n) is 5.62. The molecule has 112 valence electrons. The number of hydrogen-bond acceptors (Lipinski definition) is 5. The lowest BCUT2D eigenvalue weighted by molar-refractivity contribution is -0.141. The summed E-state index contributed by atoms with van der Waals surface area (Å²) in [5.74, 6) is 0.401. The average Bonchev–Trinajstić information content (AvgIpc) is 2.77. The quantitative estimate of drug-likeness (QED) is 0.867. The van der Waals surface area contributed by atoms with Gasteiger partial charge in [0, 0.05) is 23.6 Å². The molecular formula is C15H19N3O2S. The summed E-state index contributed by atoms with van der Waals surface area (Å²) in [6.45, 7) is 0. The summed E-state index contributed by atoms with van der Waals surface area (Å²) in [5.41, 5.74) is 5.55. The maximum atomic E-state index is 12.5. The highest BCUT2D eigenvalue weighted by atomic mass is 32.2. The predicted molar refractivity (Wildman–Crippen MR) is 81.6 cm³/mol. The Bertz CT molecular complexity index is 540. The van der Waals surface area contributed by atoms with Crippen LogP contribution in [0.1, 0.15) is 38.5 Å². The van der Waals surface area contributed by atoms with Gasteiger partial charge in [0.1, 0.15) is 5.82 Å². The number of nitrogens with zero attached hydrogens (tertiary/aromatic N) is 2. The van der Waals surface area contributed by atoms with E-state index in [1.165, 1.54) is 23.1 Å². The van der Waals surface area contributed by atoms with E-state index in [0.29, 0.717) is 12.2 Å². The van der Waals surface area contributed by atoms with Crippen LogP contribution >= 0.6 is 11.8 Å². The first-order valence-corrected chi connectivity index (χ1v) is 8.27. The highest BCUT2D eigenvalue weighted by Gasteiger charge is 2.42. The second-order valence-corrected chi connectivity index (χ2v) is 6.90. The third-order valence-corrected chi connectivity index (χ3v) is 5.29. The molecule has 1 aliphatic heterocycles. The van der Waals surface area contributed by atoms with Gasteiger partial charge >= 0.3 is 0 Å². The summed E-state index contributed by atoms with van der Waals surface area (Å²) in [4.78, 5) is 31.1. The second kappa shape index (κ2) is 6.05. The van der Waals surface area contributed by atoms with E-state index in [1.807, 2.05) is 6.07 Å². The molecule has 1 saturated carbocycles. The van der Waals surface area contributed by atoms with Crippen molar-refractivity contribution >= 4 is 29.4 Å². The van der Waals surface area contributed by atoms with Crippen LogP contribution in [0.25, 0.3) is 0 Å². The van der Waals surface area contributed by atoms with Crippen LogP contribution in [0.4, 0.5) is 5.82 Å². The largest absolute Gasteiger partial charge is 0.384 e. The van der Waals surface area contributed by atoms with Crippen molar-refractivity contribution in [3.63, 3.8) is 0 Å². The molecule has 2 amide bonds. The Kier molecular flexibility index (Phi) is 4.14. The van der Waals surface area contributed by atoms with Crippen LogP contribution in [0, 0.1) is 0 Å². The minimum Gasteiger partial charge on any atom is -0.384 e. The topological polar surface area (TPSA) is 76.3 Å². The number of thioether (sulfide) groups is 1. The summed E-state index contributed by atoms with van der Waals surface area (Å²) in [6.07, 6.45) is 7.30. The number of imide groups is 1. The van der Waals surface area contributed by atoms with Crippen LogP contribution in [0.3, 0.4) is 0 Å². The fourth-order valence-corrected chi connectivity index (χ4v) is 4.09. The van der Waals surface area contributed by atoms with E-state index >= 15 is 0 Å². The molecule has 0 radical (unpaired) electrons. The number of amides is 2. The molecule has 2 fully saturated rings. The van der Waals surface area contributed by atoms with Crippen molar-refractivity contribution < 1.29 is 9.59 Å². The molecule has 0 spiro atoms. The maximum absolute atomic E-state index is 12.5. The number of hydrogen-bond donors (Lipinski definition) is 1. The summed E-state index contributed by atoms with van der Waals surface area (Å²) in [6, 6.07) is 3.67. The Hall–Kier alpha value is -1.56. The molecule has 2 aliphatic rings. The van der Waals surface area contributed by atoms with Gasteiger partial charge in [-0.05, 0) is 25.0 Å². The van der Waals surface area contributed by atoms with E-state index in [4.69, 9.17) is 5.73 Å². The average molecular weight is 305 g/mol.